The van der Waals surface area contributed by atoms with Gasteiger partial charge in [-0.1, -0.05) is 0 Å². The second-order valence-corrected chi connectivity index (χ2v) is 14.0. The zero-order valence-corrected chi connectivity index (χ0v) is 26.9. The summed E-state index contributed by atoms with van der Waals surface area (Å²) in [4.78, 5) is 28.0. The molecule has 45 heavy (non-hydrogen) atoms. The summed E-state index contributed by atoms with van der Waals surface area (Å²) in [6.45, 7) is 11.8. The van der Waals surface area contributed by atoms with Crippen LogP contribution >= 0.6 is 11.3 Å². The van der Waals surface area contributed by atoms with E-state index in [1.165, 1.54) is 17.5 Å². The van der Waals surface area contributed by atoms with E-state index in [0.717, 1.165) is 31.5 Å². The lowest BCUT2D eigenvalue weighted by atomic mass is 10.1. The van der Waals surface area contributed by atoms with Gasteiger partial charge < -0.3 is 14.5 Å². The van der Waals surface area contributed by atoms with Crippen molar-refractivity contribution < 1.29 is 31.5 Å². The molecule has 2 fully saturated rings. The van der Waals surface area contributed by atoms with Gasteiger partial charge in [-0.3, -0.25) is 9.88 Å². The molecule has 0 aliphatic carbocycles. The monoisotopic (exact) mass is 651 g/mol. The van der Waals surface area contributed by atoms with Crippen LogP contribution in [0.2, 0.25) is 0 Å². The summed E-state index contributed by atoms with van der Waals surface area (Å²) in [5.74, 6) is -1.52. The van der Waals surface area contributed by atoms with Crippen LogP contribution in [0, 0.1) is 11.6 Å². The number of ether oxygens (including phenoxy) is 1. The Hall–Kier alpha value is -3.32. The van der Waals surface area contributed by atoms with Crippen molar-refractivity contribution in [2.75, 3.05) is 31.1 Å². The molecule has 13 heteroatoms. The third kappa shape index (κ3) is 7.74. The Morgan fingerprint density at radius 3 is 2.47 bits per heavy atom. The average molecular weight is 652 g/mol. The molecule has 2 atom stereocenters. The number of benzene rings is 1. The minimum Gasteiger partial charge on any atom is -0.444 e. The van der Waals surface area contributed by atoms with Crippen molar-refractivity contribution in [3.63, 3.8) is 0 Å². The summed E-state index contributed by atoms with van der Waals surface area (Å²) in [5.41, 5.74) is -0.926. The Bertz CT molecular complexity index is 1540. The fraction of sp³-hybridized carbons (Fsp3) is 0.531. The summed E-state index contributed by atoms with van der Waals surface area (Å²) in [5, 5.41) is 0.469. The van der Waals surface area contributed by atoms with Crippen molar-refractivity contribution in [3.05, 3.63) is 63.2 Å². The number of carbonyl (C=O) groups excluding carboxylic acids is 1. The number of piperazine rings is 1. The van der Waals surface area contributed by atoms with Crippen LogP contribution in [0.4, 0.5) is 32.4 Å². The maximum atomic E-state index is 16.0. The minimum absolute atomic E-state index is 0.0156. The van der Waals surface area contributed by atoms with Gasteiger partial charge in [-0.2, -0.15) is 13.2 Å². The number of likely N-dealkylation sites (tertiary alicyclic amines) is 1. The van der Waals surface area contributed by atoms with Gasteiger partial charge in [0.05, 0.1) is 27.6 Å². The maximum Gasteiger partial charge on any atom is 0.416 e. The Labute approximate surface area is 264 Å². The van der Waals surface area contributed by atoms with Gasteiger partial charge in [0.2, 0.25) is 0 Å². The molecule has 4 heterocycles. The second kappa shape index (κ2) is 12.8. The zero-order chi connectivity index (χ0) is 32.7. The van der Waals surface area contributed by atoms with E-state index in [1.807, 2.05) is 11.8 Å². The molecule has 7 nitrogen and oxygen atoms in total. The van der Waals surface area contributed by atoms with Crippen LogP contribution < -0.4 is 4.90 Å². The quantitative estimate of drug-likeness (QED) is 0.257. The summed E-state index contributed by atoms with van der Waals surface area (Å²) in [7, 11) is 0. The minimum atomic E-state index is -4.72. The molecular weight excluding hydrogens is 613 g/mol. The van der Waals surface area contributed by atoms with Gasteiger partial charge in [0.15, 0.2) is 5.82 Å². The van der Waals surface area contributed by atoms with Crippen molar-refractivity contribution in [1.82, 2.24) is 19.8 Å². The molecule has 0 unspecified atom stereocenters. The SMILES string of the molecule is C[C@@H]1CCCN1Cc1sc(Cc2nccc(N3CCN(C(=O)OC(C)(C)C)[C@@H](C)C3)c2F)nc1-c1cc(F)cc(C(F)(F)F)c1. The van der Waals surface area contributed by atoms with Crippen molar-refractivity contribution in [1.29, 1.82) is 0 Å². The van der Waals surface area contributed by atoms with Crippen LogP contribution in [0.15, 0.2) is 30.5 Å². The van der Waals surface area contributed by atoms with E-state index >= 15 is 4.39 Å². The summed E-state index contributed by atoms with van der Waals surface area (Å²) < 4.78 is 76.6. The number of rotatable bonds is 6. The number of halogens is 5. The Kier molecular flexibility index (Phi) is 9.42. The van der Waals surface area contributed by atoms with E-state index in [0.29, 0.717) is 47.8 Å². The highest BCUT2D eigenvalue weighted by molar-refractivity contribution is 7.12. The van der Waals surface area contributed by atoms with Crippen LogP contribution in [0.1, 0.15) is 68.6 Å². The predicted molar refractivity (Wildman–Crippen MR) is 163 cm³/mol. The lowest BCUT2D eigenvalue weighted by Crippen LogP contribution is -2.55. The van der Waals surface area contributed by atoms with Crippen molar-refractivity contribution >= 4 is 23.1 Å². The standard InChI is InChI=1S/C32H38F5N5O2S/c1-19-7-6-10-40(19)18-26-29(21-13-22(32(35,36)37)15-23(33)14-21)39-27(45-26)16-24-28(34)25(8-9-38-24)41-11-12-42(20(2)17-41)30(43)44-31(3,4)5/h8-9,13-15,19-20H,6-7,10-12,16-18H2,1-5H3/t19-,20+/m1/s1. The lowest BCUT2D eigenvalue weighted by molar-refractivity contribution is -0.137. The Morgan fingerprint density at radius 2 is 1.82 bits per heavy atom. The van der Waals surface area contributed by atoms with Crippen LogP contribution in [0.25, 0.3) is 11.3 Å². The first-order chi connectivity index (χ1) is 21.1. The number of aromatic nitrogens is 2. The number of carbonyl (C=O) groups is 1. The molecule has 2 aliphatic heterocycles. The summed E-state index contributed by atoms with van der Waals surface area (Å²) in [6.07, 6.45) is -1.59. The highest BCUT2D eigenvalue weighted by Gasteiger charge is 2.34. The van der Waals surface area contributed by atoms with Gasteiger partial charge in [0, 0.05) is 61.3 Å². The normalized spacial score (nSPS) is 19.8. The van der Waals surface area contributed by atoms with Crippen LogP contribution in [-0.4, -0.2) is 69.7 Å². The van der Waals surface area contributed by atoms with Crippen LogP contribution in [0.3, 0.4) is 0 Å². The number of amides is 1. The number of hydrogen-bond acceptors (Lipinski definition) is 7. The van der Waals surface area contributed by atoms with Gasteiger partial charge in [0.25, 0.3) is 0 Å². The molecule has 244 valence electrons. The number of alkyl halides is 3. The molecule has 0 N–H and O–H groups in total. The number of pyridine rings is 1. The van der Waals surface area contributed by atoms with E-state index < -0.39 is 35.1 Å². The molecule has 2 aromatic heterocycles. The molecule has 0 bridgehead atoms. The fourth-order valence-corrected chi connectivity index (χ4v) is 6.99. The van der Waals surface area contributed by atoms with E-state index in [-0.39, 0.29) is 35.5 Å². The van der Waals surface area contributed by atoms with Crippen molar-refractivity contribution in [2.24, 2.45) is 0 Å². The summed E-state index contributed by atoms with van der Waals surface area (Å²) in [6, 6.07) is 4.09. The maximum absolute atomic E-state index is 16.0. The Balaban J connectivity index is 1.41. The fourth-order valence-electron chi connectivity index (χ4n) is 5.87. The molecule has 2 aliphatic rings. The highest BCUT2D eigenvalue weighted by Crippen LogP contribution is 2.37. The van der Waals surface area contributed by atoms with Gasteiger partial charge >= 0.3 is 12.3 Å². The van der Waals surface area contributed by atoms with E-state index in [4.69, 9.17) is 4.74 Å². The number of thiazole rings is 1. The predicted octanol–water partition coefficient (Wildman–Crippen LogP) is 7.52. The first-order valence-corrected chi connectivity index (χ1v) is 15.9. The molecule has 0 spiro atoms. The first-order valence-electron chi connectivity index (χ1n) is 15.1. The molecule has 1 aromatic carbocycles. The van der Waals surface area contributed by atoms with Crippen LogP contribution in [-0.2, 0) is 23.9 Å². The van der Waals surface area contributed by atoms with Gasteiger partial charge in [-0.05, 0) is 78.3 Å². The van der Waals surface area contributed by atoms with E-state index in [1.54, 1.807) is 31.7 Å². The van der Waals surface area contributed by atoms with Gasteiger partial charge in [-0.15, -0.1) is 11.3 Å². The van der Waals surface area contributed by atoms with E-state index in [2.05, 4.69) is 21.8 Å². The summed E-state index contributed by atoms with van der Waals surface area (Å²) >= 11 is 1.28. The molecular formula is C32H38F5N5O2S. The number of nitrogens with zero attached hydrogens (tertiary/aromatic N) is 5. The zero-order valence-electron chi connectivity index (χ0n) is 26.0. The topological polar surface area (TPSA) is 61.8 Å². The molecule has 0 radical (unpaired) electrons. The smallest absolute Gasteiger partial charge is 0.416 e. The molecule has 5 rings (SSSR count). The van der Waals surface area contributed by atoms with E-state index in [9.17, 15) is 22.4 Å². The number of anilines is 1. The Morgan fingerprint density at radius 1 is 1.07 bits per heavy atom. The van der Waals surface area contributed by atoms with Gasteiger partial charge in [0.1, 0.15) is 11.4 Å². The third-order valence-corrected chi connectivity index (χ3v) is 9.17. The molecule has 3 aromatic rings. The molecule has 2 saturated heterocycles. The number of hydrogen-bond donors (Lipinski definition) is 0. The molecule has 0 saturated carbocycles. The lowest BCUT2D eigenvalue weighted by Gasteiger charge is -2.41. The third-order valence-electron chi connectivity index (χ3n) is 8.13. The van der Waals surface area contributed by atoms with Crippen molar-refractivity contribution in [2.45, 2.75) is 84.3 Å². The first kappa shape index (κ1) is 33.1. The van der Waals surface area contributed by atoms with Gasteiger partial charge in [-0.25, -0.2) is 18.6 Å². The second-order valence-electron chi connectivity index (χ2n) is 12.8. The highest BCUT2D eigenvalue weighted by atomic mass is 32.1. The van der Waals surface area contributed by atoms with Crippen LogP contribution in [0.5, 0.6) is 0 Å². The largest absolute Gasteiger partial charge is 0.444 e. The molecule has 1 amide bonds. The van der Waals surface area contributed by atoms with Crippen molar-refractivity contribution in [3.8, 4) is 11.3 Å². The average Bonchev–Trinajstić information content (AvgIpc) is 3.53.